The molecule has 3 rings (SSSR count). The molecule has 5 nitrogen and oxygen atoms in total. The Hall–Kier alpha value is -2.14. The average Bonchev–Trinajstić information content (AvgIpc) is 2.84. The zero-order chi connectivity index (χ0) is 13.2. The summed E-state index contributed by atoms with van der Waals surface area (Å²) >= 11 is 0. The van der Waals surface area contributed by atoms with Gasteiger partial charge in [0.05, 0.1) is 12.2 Å². The van der Waals surface area contributed by atoms with Gasteiger partial charge in [0.15, 0.2) is 0 Å². The van der Waals surface area contributed by atoms with Crippen LogP contribution in [0.1, 0.15) is 16.7 Å². The minimum absolute atomic E-state index is 0.0261. The quantitative estimate of drug-likeness (QED) is 0.760. The van der Waals surface area contributed by atoms with Crippen LogP contribution in [0.5, 0.6) is 0 Å². The summed E-state index contributed by atoms with van der Waals surface area (Å²) in [6.07, 6.45) is 2.41. The van der Waals surface area contributed by atoms with Gasteiger partial charge in [-0.3, -0.25) is 9.89 Å². The molecule has 5 heteroatoms. The monoisotopic (exact) mass is 256 g/mol. The molecule has 2 aromatic rings. The van der Waals surface area contributed by atoms with E-state index in [-0.39, 0.29) is 11.9 Å². The molecular formula is C14H16N4O. The van der Waals surface area contributed by atoms with Crippen LogP contribution in [0.4, 0.5) is 5.82 Å². The minimum Gasteiger partial charge on any atom is -0.309 e. The molecule has 0 saturated carbocycles. The number of nitrogens with zero attached hydrogens (tertiary/aromatic N) is 1. The third-order valence-electron chi connectivity index (χ3n) is 3.47. The molecule has 0 spiro atoms. The van der Waals surface area contributed by atoms with Crippen molar-refractivity contribution in [2.75, 3.05) is 5.32 Å². The predicted molar refractivity (Wildman–Crippen MR) is 72.7 cm³/mol. The number of carbonyl (C=O) groups is 1. The van der Waals surface area contributed by atoms with E-state index < -0.39 is 0 Å². The van der Waals surface area contributed by atoms with Crippen molar-refractivity contribution in [2.24, 2.45) is 0 Å². The molecule has 2 heterocycles. The molecule has 1 amide bonds. The highest BCUT2D eigenvalue weighted by Gasteiger charge is 2.24. The second-order valence-electron chi connectivity index (χ2n) is 4.82. The smallest absolute Gasteiger partial charge is 0.243 e. The highest BCUT2D eigenvalue weighted by atomic mass is 16.2. The van der Waals surface area contributed by atoms with Gasteiger partial charge in [-0.1, -0.05) is 24.3 Å². The lowest BCUT2D eigenvalue weighted by molar-refractivity contribution is -0.118. The molecule has 19 heavy (non-hydrogen) atoms. The van der Waals surface area contributed by atoms with Crippen LogP contribution in [-0.4, -0.2) is 22.1 Å². The number of rotatable bonds is 2. The fourth-order valence-corrected chi connectivity index (χ4v) is 2.32. The third-order valence-corrected chi connectivity index (χ3v) is 3.47. The molecule has 1 aliphatic heterocycles. The van der Waals surface area contributed by atoms with Gasteiger partial charge in [-0.15, -0.1) is 0 Å². The van der Waals surface area contributed by atoms with Gasteiger partial charge in [0.1, 0.15) is 5.82 Å². The first-order valence-electron chi connectivity index (χ1n) is 6.35. The van der Waals surface area contributed by atoms with Crippen molar-refractivity contribution in [2.45, 2.75) is 25.9 Å². The zero-order valence-corrected chi connectivity index (χ0v) is 10.7. The summed E-state index contributed by atoms with van der Waals surface area (Å²) < 4.78 is 0. The lowest BCUT2D eigenvalue weighted by atomic mass is 9.95. The number of hydrogen-bond donors (Lipinski definition) is 3. The van der Waals surface area contributed by atoms with E-state index in [2.05, 4.69) is 33.0 Å². The summed E-state index contributed by atoms with van der Waals surface area (Å²) in [4.78, 5) is 12.2. The number of hydrogen-bond acceptors (Lipinski definition) is 3. The van der Waals surface area contributed by atoms with Crippen molar-refractivity contribution in [3.05, 3.63) is 47.2 Å². The van der Waals surface area contributed by atoms with Crippen molar-refractivity contribution < 1.29 is 4.79 Å². The van der Waals surface area contributed by atoms with Crippen LogP contribution >= 0.6 is 0 Å². The average molecular weight is 256 g/mol. The van der Waals surface area contributed by atoms with E-state index in [0.717, 1.165) is 18.5 Å². The van der Waals surface area contributed by atoms with Gasteiger partial charge in [0.2, 0.25) is 5.91 Å². The highest BCUT2D eigenvalue weighted by molar-refractivity contribution is 5.94. The maximum absolute atomic E-state index is 12.2. The molecule has 98 valence electrons. The van der Waals surface area contributed by atoms with Crippen molar-refractivity contribution in [3.63, 3.8) is 0 Å². The minimum atomic E-state index is -0.197. The normalized spacial score (nSPS) is 17.8. The SMILES string of the molecule is Cc1cn[nH]c1NC(=O)C1Cc2ccccc2CN1. The molecule has 0 bridgehead atoms. The van der Waals surface area contributed by atoms with Crippen LogP contribution in [0.3, 0.4) is 0 Å². The number of aryl methyl sites for hydroxylation is 1. The number of aromatic amines is 1. The second-order valence-corrected chi connectivity index (χ2v) is 4.82. The van der Waals surface area contributed by atoms with Gasteiger partial charge in [-0.2, -0.15) is 5.10 Å². The van der Waals surface area contributed by atoms with Crippen molar-refractivity contribution in [1.29, 1.82) is 0 Å². The van der Waals surface area contributed by atoms with E-state index in [1.165, 1.54) is 11.1 Å². The van der Waals surface area contributed by atoms with Crippen LogP contribution in [-0.2, 0) is 17.8 Å². The number of amides is 1. The lowest BCUT2D eigenvalue weighted by Crippen LogP contribution is -2.44. The Kier molecular flexibility index (Phi) is 3.05. The Morgan fingerprint density at radius 1 is 1.37 bits per heavy atom. The summed E-state index contributed by atoms with van der Waals surface area (Å²) in [5.41, 5.74) is 3.44. The summed E-state index contributed by atoms with van der Waals surface area (Å²) in [6.45, 7) is 2.64. The van der Waals surface area contributed by atoms with E-state index >= 15 is 0 Å². The van der Waals surface area contributed by atoms with E-state index in [1.54, 1.807) is 6.20 Å². The van der Waals surface area contributed by atoms with Gasteiger partial charge in [0, 0.05) is 12.1 Å². The molecule has 1 atom stereocenters. The molecule has 1 aliphatic rings. The van der Waals surface area contributed by atoms with Crippen molar-refractivity contribution >= 4 is 11.7 Å². The Bertz CT molecular complexity index is 605. The van der Waals surface area contributed by atoms with Gasteiger partial charge in [-0.25, -0.2) is 0 Å². The van der Waals surface area contributed by atoms with Crippen LogP contribution in [0.15, 0.2) is 30.5 Å². The van der Waals surface area contributed by atoms with Crippen molar-refractivity contribution in [3.8, 4) is 0 Å². The second kappa shape index (κ2) is 4.85. The molecule has 1 unspecified atom stereocenters. The maximum Gasteiger partial charge on any atom is 0.243 e. The lowest BCUT2D eigenvalue weighted by Gasteiger charge is -2.25. The Morgan fingerprint density at radius 2 is 2.16 bits per heavy atom. The number of anilines is 1. The number of H-pyrrole nitrogens is 1. The highest BCUT2D eigenvalue weighted by Crippen LogP contribution is 2.17. The largest absolute Gasteiger partial charge is 0.309 e. The zero-order valence-electron chi connectivity index (χ0n) is 10.7. The van der Waals surface area contributed by atoms with Crippen LogP contribution in [0.2, 0.25) is 0 Å². The van der Waals surface area contributed by atoms with E-state index in [0.29, 0.717) is 5.82 Å². The van der Waals surface area contributed by atoms with Gasteiger partial charge < -0.3 is 10.6 Å². The standard InChI is InChI=1S/C14H16N4O/c1-9-7-16-18-13(9)17-14(19)12-6-10-4-2-3-5-11(10)8-15-12/h2-5,7,12,15H,6,8H2,1H3,(H2,16,17,18,19). The molecular weight excluding hydrogens is 240 g/mol. The number of nitrogens with one attached hydrogen (secondary N) is 3. The summed E-state index contributed by atoms with van der Waals surface area (Å²) in [5.74, 6) is 0.646. The summed E-state index contributed by atoms with van der Waals surface area (Å²) in [5, 5.41) is 12.8. The molecule has 0 radical (unpaired) electrons. The third kappa shape index (κ3) is 2.37. The Morgan fingerprint density at radius 3 is 2.89 bits per heavy atom. The molecule has 0 fully saturated rings. The molecule has 3 N–H and O–H groups in total. The predicted octanol–water partition coefficient (Wildman–Crippen LogP) is 1.37. The number of aromatic nitrogens is 2. The first kappa shape index (κ1) is 11.9. The Balaban J connectivity index is 1.71. The topological polar surface area (TPSA) is 69.8 Å². The first-order valence-corrected chi connectivity index (χ1v) is 6.35. The van der Waals surface area contributed by atoms with Crippen LogP contribution < -0.4 is 10.6 Å². The van der Waals surface area contributed by atoms with Gasteiger partial charge >= 0.3 is 0 Å². The van der Waals surface area contributed by atoms with E-state index in [9.17, 15) is 4.79 Å². The number of benzene rings is 1. The first-order chi connectivity index (χ1) is 9.24. The summed E-state index contributed by atoms with van der Waals surface area (Å²) in [6, 6.07) is 8.01. The van der Waals surface area contributed by atoms with Crippen LogP contribution in [0, 0.1) is 6.92 Å². The van der Waals surface area contributed by atoms with Gasteiger partial charge in [0.25, 0.3) is 0 Å². The Labute approximate surface area is 111 Å². The molecule has 1 aromatic carbocycles. The number of carbonyl (C=O) groups excluding carboxylic acids is 1. The van der Waals surface area contributed by atoms with Crippen molar-refractivity contribution in [1.82, 2.24) is 15.5 Å². The molecule has 0 saturated heterocycles. The van der Waals surface area contributed by atoms with E-state index in [4.69, 9.17) is 0 Å². The molecule has 0 aliphatic carbocycles. The fraction of sp³-hybridized carbons (Fsp3) is 0.286. The molecule has 1 aromatic heterocycles. The fourth-order valence-electron chi connectivity index (χ4n) is 2.32. The summed E-state index contributed by atoms with van der Waals surface area (Å²) in [7, 11) is 0. The maximum atomic E-state index is 12.2. The van der Waals surface area contributed by atoms with Gasteiger partial charge in [-0.05, 0) is 24.5 Å². The van der Waals surface area contributed by atoms with E-state index in [1.807, 2.05) is 19.1 Å². The van der Waals surface area contributed by atoms with Crippen LogP contribution in [0.25, 0.3) is 0 Å². The number of fused-ring (bicyclic) bond motifs is 1.